The standard InChI is InChI=1S/3C26H26NSi.C16H26O2.C15H12O2.C13H24O2.3Ir/c3*1-18-13-19(2)15-21(14-18)26-17-23(20-9-7-6-8-10-20)24-16-22(28(3,4)5)11-12-25(24)27-26;1-12(15(17)13-8-4-2-5-9-13)16(18)14-10-6-3-7-11-14;16-14(12-7-3-1-4-8-12)11-15(17)13-9-5-2-6-10-13;1-5-10(6-2)12(14)9-13(15)11(7-3)8-4;;;/h3*6-14,16-17H,1-5H3;13-14,17H,2-11H2,1H3;1-11,16H;9-11,14H,5-8H2,1-4H3;;;/q3*-1;;;;;;/i3*2D3,3D3,4D3;1D3,13D,14D;11D;9D,10D,11D;;;. The number of carbonyl (C=O) groups is 3. The molecule has 9 nitrogen and oxygen atoms in total. The minimum atomic E-state index is -3.98. The Morgan fingerprint density at radius 2 is 0.737 bits per heavy atom. The average Bonchev–Trinajstić information content (AvgIpc) is 0.737. The molecule has 0 amide bonds. The largest absolute Gasteiger partial charge is 0.512 e. The molecule has 14 aromatic rings. The van der Waals surface area contributed by atoms with Gasteiger partial charge in [0.2, 0.25) is 0 Å². The van der Waals surface area contributed by atoms with Crippen molar-refractivity contribution in [2.75, 3.05) is 0 Å². The Labute approximate surface area is 912 Å². The molecule has 137 heavy (non-hydrogen) atoms. The van der Waals surface area contributed by atoms with Gasteiger partial charge in [-0.05, 0) is 127 Å². The summed E-state index contributed by atoms with van der Waals surface area (Å²) in [7, 11) is -11.9. The fourth-order valence-electron chi connectivity index (χ4n) is 15.9. The van der Waals surface area contributed by atoms with Crippen molar-refractivity contribution < 1.29 is 139 Å². The molecule has 3 aromatic heterocycles. The van der Waals surface area contributed by atoms with Crippen LogP contribution >= 0.6 is 0 Å². The fraction of sp³-hybridized carbons (Fsp3) is 0.311. The topological polar surface area (TPSA) is 151 Å². The van der Waals surface area contributed by atoms with E-state index in [1.807, 2.05) is 148 Å². The van der Waals surface area contributed by atoms with Crippen molar-refractivity contribution >= 4 is 95.6 Å². The Morgan fingerprint density at radius 3 is 1.05 bits per heavy atom. The number of allylic oxidation sites excluding steroid dienone is 5. The third-order valence-corrected chi connectivity index (χ3v) is 27.6. The number of rotatable bonds is 22. The van der Waals surface area contributed by atoms with E-state index in [9.17, 15) is 29.7 Å². The predicted molar refractivity (Wildman–Crippen MR) is 577 cm³/mol. The van der Waals surface area contributed by atoms with Crippen molar-refractivity contribution in [1.29, 1.82) is 0 Å². The quantitative estimate of drug-likeness (QED) is 0.0198. The molecule has 3 heterocycles. The smallest absolute Gasteiger partial charge is 0.189 e. The molecule has 0 spiro atoms. The van der Waals surface area contributed by atoms with E-state index in [-0.39, 0.29) is 82.8 Å². The van der Waals surface area contributed by atoms with Crippen LogP contribution in [0.5, 0.6) is 0 Å². The Bertz CT molecular complexity index is 7500. The van der Waals surface area contributed by atoms with E-state index < -0.39 is 161 Å². The molecule has 0 aliphatic heterocycles. The van der Waals surface area contributed by atoms with Gasteiger partial charge in [0.15, 0.2) is 17.3 Å². The number of pyridine rings is 3. The number of Topliss-reactive ketones (excluding diaryl/α,β-unsaturated/α-hetero) is 1. The number of aromatic nitrogens is 3. The summed E-state index contributed by atoms with van der Waals surface area (Å²) in [6.45, 7) is -9.14. The van der Waals surface area contributed by atoms with Crippen LogP contribution in [0.15, 0.2) is 290 Å². The Morgan fingerprint density at radius 1 is 0.416 bits per heavy atom. The number of hydrogen-bond acceptors (Lipinski definition) is 9. The second-order valence-corrected chi connectivity index (χ2v) is 42.6. The molecule has 0 unspecified atom stereocenters. The zero-order chi connectivity index (χ0) is 127. The SMILES string of the molecule is [2H]C(C(=O)C([2H])(CC)CC)=C(O)C([2H])(CC)CC.[2H]C(C(=O)c1ccccc1)=C(O)c1ccccc1.[2H]C([2H])([2H])C(C(=O)C1([2H])CCCCC1)=C(O)C1([2H])CCCCC1.[2H]C([2H])([2H])c1[c-]c(-c2cc(-c3ccccc3)c3cc([Si](C)(C([2H])([2H])[2H])C([2H])([2H])[2H])ccc3n2)cc(C)c1.[2H]C([2H])([2H])c1[c-]c(-c2cc(-c3ccccc3)c3cc([Si](C)(C([2H])([2H])[2H])C([2H])([2H])[2H])ccc3n2)cc(C)c1.[2H]C([2H])([2H])c1[c-]c(-c2cc(-c3ccccc3)c3cc([Si](C)(C([2H])([2H])[2H])C([2H])([2H])[2H])ccc3n2)cc(C)c1.[Ir].[Ir].[Ir]. The number of aryl methyl sites for hydroxylation is 6. The van der Waals surface area contributed by atoms with Gasteiger partial charge in [0.25, 0.3) is 0 Å². The number of hydrogen-bond donors (Lipinski definition) is 3. The zero-order valence-corrected chi connectivity index (χ0v) is 88.8. The normalized spacial score (nSPS) is 18.8. The number of fused-ring (bicyclic) bond motifs is 3. The van der Waals surface area contributed by atoms with Crippen LogP contribution in [0.3, 0.4) is 0 Å². The summed E-state index contributed by atoms with van der Waals surface area (Å²) in [6.07, 6.45) is 7.41. The van der Waals surface area contributed by atoms with Gasteiger partial charge in [-0.3, -0.25) is 29.3 Å². The number of nitrogens with zero attached hydrogens (tertiary/aromatic N) is 3. The first-order chi connectivity index (χ1) is 78.6. The molecule has 3 N–H and O–H groups in total. The van der Waals surface area contributed by atoms with E-state index >= 15 is 0 Å². The zero-order valence-electron chi connectivity index (χ0n) is 115. The van der Waals surface area contributed by atoms with Crippen LogP contribution in [0.4, 0.5) is 0 Å². The van der Waals surface area contributed by atoms with Gasteiger partial charge in [-0.25, -0.2) is 0 Å². The van der Waals surface area contributed by atoms with E-state index in [1.54, 1.807) is 161 Å². The van der Waals surface area contributed by atoms with Gasteiger partial charge in [-0.15, -0.1) is 105 Å². The fourth-order valence-corrected chi connectivity index (χ4v) is 18.5. The first-order valence-corrected chi connectivity index (χ1v) is 52.7. The first kappa shape index (κ1) is 69.7. The van der Waals surface area contributed by atoms with E-state index in [4.69, 9.17) is 64.3 Å². The molecule has 0 bridgehead atoms. The second kappa shape index (κ2) is 52.8. The van der Waals surface area contributed by atoms with Crippen molar-refractivity contribution in [3.8, 4) is 67.2 Å². The maximum Gasteiger partial charge on any atom is 0.189 e. The summed E-state index contributed by atoms with van der Waals surface area (Å²) in [6, 6.07) is 83.7. The Balaban J connectivity index is 0.000000255. The molecule has 0 atom stereocenters. The van der Waals surface area contributed by atoms with Crippen molar-refractivity contribution in [2.24, 2.45) is 23.6 Å². The van der Waals surface area contributed by atoms with Gasteiger partial charge in [-0.1, -0.05) is 388 Å². The molecular formula is C122H140Ir3N3O6Si3-3. The van der Waals surface area contributed by atoms with Gasteiger partial charge < -0.3 is 15.3 Å². The Kier molecular flexibility index (Phi) is 26.8. The number of ketones is 3. The molecule has 2 saturated carbocycles. The molecule has 15 heteroatoms. The summed E-state index contributed by atoms with van der Waals surface area (Å²) in [5.41, 5.74) is 12.2. The van der Waals surface area contributed by atoms with Gasteiger partial charge in [0.1, 0.15) is 11.5 Å². The van der Waals surface area contributed by atoms with Crippen LogP contribution in [0, 0.1) is 83.1 Å². The second-order valence-electron chi connectivity index (χ2n) is 34.1. The van der Waals surface area contributed by atoms with E-state index in [0.29, 0.717) is 145 Å². The van der Waals surface area contributed by atoms with E-state index in [0.717, 1.165) is 88.6 Å². The summed E-state index contributed by atoms with van der Waals surface area (Å²) >= 11 is 0. The maximum absolute atomic E-state index is 12.8. The third-order valence-electron chi connectivity index (χ3n) is 23.2. The molecule has 3 radical (unpaired) electrons. The predicted octanol–water partition coefficient (Wildman–Crippen LogP) is 31.5. The van der Waals surface area contributed by atoms with Crippen LogP contribution in [-0.4, -0.2) is 71.8 Å². The van der Waals surface area contributed by atoms with Gasteiger partial charge >= 0.3 is 0 Å². The van der Waals surface area contributed by atoms with E-state index in [1.165, 1.54) is 19.6 Å². The molecule has 2 aliphatic carbocycles. The van der Waals surface area contributed by atoms with Crippen LogP contribution in [0.25, 0.3) is 106 Å². The van der Waals surface area contributed by atoms with Crippen LogP contribution in [0.1, 0.15) is 223 Å². The molecule has 2 fully saturated rings. The van der Waals surface area contributed by atoms with Gasteiger partial charge in [0, 0.05) is 175 Å². The maximum atomic E-state index is 12.8. The molecule has 721 valence electrons. The number of aliphatic hydroxyl groups excluding tert-OH is 3. The average molecular weight is 2440 g/mol. The van der Waals surface area contributed by atoms with E-state index in [2.05, 4.69) is 18.2 Å². The van der Waals surface area contributed by atoms with Crippen molar-refractivity contribution in [1.82, 2.24) is 15.0 Å². The molecule has 0 saturated heterocycles. The number of aliphatic hydroxyl groups is 3. The van der Waals surface area contributed by atoms with Gasteiger partial charge in [-0.2, -0.15) is 0 Å². The molecule has 11 aromatic carbocycles. The number of benzene rings is 11. The molecule has 16 rings (SSSR count). The summed E-state index contributed by atoms with van der Waals surface area (Å²) in [5, 5.41) is 33.2. The minimum absolute atomic E-state index is 0. The summed E-state index contributed by atoms with van der Waals surface area (Å²) in [5.74, 6) is -8.93. The monoisotopic (exact) mass is 2440 g/mol. The van der Waals surface area contributed by atoms with Crippen LogP contribution in [-0.2, 0) is 69.9 Å². The molecular weight excluding hydrogens is 2260 g/mol. The van der Waals surface area contributed by atoms with Crippen molar-refractivity contribution in [2.45, 2.75) is 224 Å². The first-order valence-electron chi connectivity index (χ1n) is 63.2. The molecule has 2 aliphatic rings. The third kappa shape index (κ3) is 31.7. The van der Waals surface area contributed by atoms with Crippen LogP contribution < -0.4 is 15.6 Å². The minimum Gasteiger partial charge on any atom is -0.512 e. The van der Waals surface area contributed by atoms with Crippen molar-refractivity contribution in [3.05, 3.63) is 353 Å². The van der Waals surface area contributed by atoms with Crippen LogP contribution in [0.2, 0.25) is 58.5 Å². The van der Waals surface area contributed by atoms with Gasteiger partial charge in [0.05, 0.1) is 49.3 Å². The Hall–Kier alpha value is -10.1. The summed E-state index contributed by atoms with van der Waals surface area (Å²) < 4.78 is 288. The van der Waals surface area contributed by atoms with Crippen molar-refractivity contribution in [3.63, 3.8) is 0 Å². The number of carbonyl (C=O) groups excluding carboxylic acids is 3. The summed E-state index contributed by atoms with van der Waals surface area (Å²) in [4.78, 5) is 51.2.